The second kappa shape index (κ2) is 3.36. The van der Waals surface area contributed by atoms with Crippen LogP contribution in [0.3, 0.4) is 0 Å². The van der Waals surface area contributed by atoms with Gasteiger partial charge in [0.05, 0.1) is 0 Å². The minimum Gasteiger partial charge on any atom is -0.418 e. The third kappa shape index (κ3) is 1.68. The number of hydrogen-bond donors (Lipinski definition) is 0. The normalized spacial score (nSPS) is 31.9. The van der Waals surface area contributed by atoms with Crippen molar-refractivity contribution < 1.29 is 13.3 Å². The molecule has 0 radical (unpaired) electrons. The van der Waals surface area contributed by atoms with Crippen molar-refractivity contribution in [3.05, 3.63) is 0 Å². The molecule has 0 saturated carbocycles. The Morgan fingerprint density at radius 3 is 3.00 bits per heavy atom. The highest BCUT2D eigenvalue weighted by atomic mass is 28.4. The molecular weight excluding hydrogens is 140 g/mol. The average molecular weight is 150 g/mol. The van der Waals surface area contributed by atoms with Gasteiger partial charge in [-0.25, -0.2) is 0 Å². The summed E-state index contributed by atoms with van der Waals surface area (Å²) in [6.07, 6.45) is 1.15. The largest absolute Gasteiger partial charge is 0.418 e. The van der Waals surface area contributed by atoms with Crippen LogP contribution in [0, 0.1) is 0 Å². The van der Waals surface area contributed by atoms with Crippen LogP contribution in [0.15, 0.2) is 0 Å². The first-order valence-corrected chi connectivity index (χ1v) is 5.74. The molecular formula is C3H10O3Si2. The molecule has 1 aliphatic rings. The molecule has 1 saturated heterocycles. The third-order valence-electron chi connectivity index (χ3n) is 1.00. The summed E-state index contributed by atoms with van der Waals surface area (Å²) in [7, 11) is -1.93. The molecule has 0 aromatic rings. The van der Waals surface area contributed by atoms with Gasteiger partial charge < -0.3 is 4.12 Å². The van der Waals surface area contributed by atoms with Gasteiger partial charge in [-0.2, -0.15) is 0 Å². The van der Waals surface area contributed by atoms with Crippen LogP contribution in [-0.4, -0.2) is 19.3 Å². The van der Waals surface area contributed by atoms with E-state index < -0.39 is 19.3 Å². The molecule has 1 unspecified atom stereocenters. The Bertz CT molecular complexity index is 63.5. The molecule has 3 nitrogen and oxygen atoms in total. The summed E-state index contributed by atoms with van der Waals surface area (Å²) in [6.45, 7) is 2.12. The molecule has 1 aliphatic heterocycles. The lowest BCUT2D eigenvalue weighted by molar-refractivity contribution is -0.0926. The maximum Gasteiger partial charge on any atom is 0.349 e. The molecule has 8 heavy (non-hydrogen) atoms. The van der Waals surface area contributed by atoms with Crippen LogP contribution < -0.4 is 0 Å². The molecule has 0 aliphatic carbocycles. The molecule has 1 rings (SSSR count). The van der Waals surface area contributed by atoms with Gasteiger partial charge in [0.1, 0.15) is 0 Å². The molecule has 0 aromatic carbocycles. The van der Waals surface area contributed by atoms with Crippen molar-refractivity contribution in [3.8, 4) is 0 Å². The predicted octanol–water partition coefficient (Wildman–Crippen LogP) is -0.406. The summed E-state index contributed by atoms with van der Waals surface area (Å²) in [4.78, 5) is 0. The summed E-state index contributed by atoms with van der Waals surface area (Å²) in [5.74, 6) is 0. The van der Waals surface area contributed by atoms with Gasteiger partial charge >= 0.3 is 19.3 Å². The van der Waals surface area contributed by atoms with E-state index in [9.17, 15) is 0 Å². The van der Waals surface area contributed by atoms with Gasteiger partial charge in [0, 0.05) is 0 Å². The lowest BCUT2D eigenvalue weighted by Gasteiger charge is -1.98. The van der Waals surface area contributed by atoms with Crippen molar-refractivity contribution in [2.75, 3.05) is 0 Å². The van der Waals surface area contributed by atoms with Gasteiger partial charge in [-0.1, -0.05) is 13.3 Å². The summed E-state index contributed by atoms with van der Waals surface area (Å²) < 4.78 is 14.8. The van der Waals surface area contributed by atoms with Gasteiger partial charge in [0.15, 0.2) is 0 Å². The topological polar surface area (TPSA) is 27.7 Å². The highest BCUT2D eigenvalue weighted by Gasteiger charge is 2.19. The van der Waals surface area contributed by atoms with Gasteiger partial charge in [0.25, 0.3) is 0 Å². The molecule has 1 heterocycles. The maximum absolute atomic E-state index is 5.23. The SMILES string of the molecule is CCC[SiH]1OO[SiH2]O1. The van der Waals surface area contributed by atoms with Crippen molar-refractivity contribution in [2.24, 2.45) is 0 Å². The zero-order chi connectivity index (χ0) is 5.82. The Labute approximate surface area is 52.8 Å². The molecule has 1 fully saturated rings. The van der Waals surface area contributed by atoms with Gasteiger partial charge in [0.2, 0.25) is 0 Å². The fourth-order valence-electron chi connectivity index (χ4n) is 0.602. The number of hydrogen-bond acceptors (Lipinski definition) is 3. The van der Waals surface area contributed by atoms with Crippen LogP contribution in [0.1, 0.15) is 13.3 Å². The van der Waals surface area contributed by atoms with Crippen LogP contribution in [-0.2, 0) is 13.3 Å². The Kier molecular flexibility index (Phi) is 2.70. The summed E-state index contributed by atoms with van der Waals surface area (Å²) >= 11 is 0. The van der Waals surface area contributed by atoms with Crippen LogP contribution in [0.4, 0.5) is 0 Å². The molecule has 5 heteroatoms. The van der Waals surface area contributed by atoms with Gasteiger partial charge in [-0.05, 0) is 6.04 Å². The third-order valence-corrected chi connectivity index (χ3v) is 4.94. The van der Waals surface area contributed by atoms with E-state index in [4.69, 9.17) is 8.69 Å². The lowest BCUT2D eigenvalue weighted by atomic mass is 10.6. The average Bonchev–Trinajstić information content (AvgIpc) is 2.19. The fraction of sp³-hybridized carbons (Fsp3) is 1.00. The summed E-state index contributed by atoms with van der Waals surface area (Å²) in [5, 5.41) is 0. The minimum atomic E-state index is -1.24. The van der Waals surface area contributed by atoms with Crippen molar-refractivity contribution in [3.63, 3.8) is 0 Å². The van der Waals surface area contributed by atoms with Crippen LogP contribution in [0.25, 0.3) is 0 Å². The molecule has 48 valence electrons. The Balaban J connectivity index is 2.06. The van der Waals surface area contributed by atoms with Crippen molar-refractivity contribution in [1.82, 2.24) is 0 Å². The summed E-state index contributed by atoms with van der Waals surface area (Å²) in [5.41, 5.74) is 0. The summed E-state index contributed by atoms with van der Waals surface area (Å²) in [6, 6.07) is 1.09. The Morgan fingerprint density at radius 2 is 2.50 bits per heavy atom. The standard InChI is InChI=1S/C3H10O3Si2/c1-2-3-8-5-4-7-6-8/h8H,2-3,7H2,1H3. The van der Waals surface area contributed by atoms with E-state index in [0.717, 1.165) is 12.5 Å². The van der Waals surface area contributed by atoms with Crippen molar-refractivity contribution in [1.29, 1.82) is 0 Å². The lowest BCUT2D eigenvalue weighted by Crippen LogP contribution is -2.12. The first-order chi connectivity index (χ1) is 3.93. The van der Waals surface area contributed by atoms with E-state index in [0.29, 0.717) is 0 Å². The molecule has 0 aromatic heterocycles. The predicted molar refractivity (Wildman–Crippen MR) is 34.0 cm³/mol. The van der Waals surface area contributed by atoms with E-state index in [1.54, 1.807) is 0 Å². The monoisotopic (exact) mass is 150 g/mol. The van der Waals surface area contributed by atoms with Gasteiger partial charge in [-0.15, -0.1) is 0 Å². The second-order valence-corrected chi connectivity index (χ2v) is 5.15. The van der Waals surface area contributed by atoms with Crippen molar-refractivity contribution in [2.45, 2.75) is 19.4 Å². The molecule has 1 atom stereocenters. The molecule has 0 spiro atoms. The van der Waals surface area contributed by atoms with Crippen LogP contribution >= 0.6 is 0 Å². The molecule has 0 bridgehead atoms. The number of rotatable bonds is 2. The van der Waals surface area contributed by atoms with Crippen molar-refractivity contribution >= 4 is 19.3 Å². The van der Waals surface area contributed by atoms with E-state index in [2.05, 4.69) is 11.5 Å². The highest BCUT2D eigenvalue weighted by molar-refractivity contribution is 6.53. The Morgan fingerprint density at radius 1 is 1.62 bits per heavy atom. The van der Waals surface area contributed by atoms with E-state index >= 15 is 0 Å². The van der Waals surface area contributed by atoms with E-state index in [1.165, 1.54) is 0 Å². The quantitative estimate of drug-likeness (QED) is 0.396. The minimum absolute atomic E-state index is 0.685. The van der Waals surface area contributed by atoms with Crippen LogP contribution in [0.2, 0.25) is 6.04 Å². The highest BCUT2D eigenvalue weighted by Crippen LogP contribution is 2.05. The second-order valence-electron chi connectivity index (χ2n) is 1.72. The molecule has 0 N–H and O–H groups in total. The first kappa shape index (κ1) is 6.43. The Hall–Kier alpha value is 0.314. The van der Waals surface area contributed by atoms with E-state index in [-0.39, 0.29) is 0 Å². The van der Waals surface area contributed by atoms with E-state index in [1.807, 2.05) is 0 Å². The fourth-order valence-corrected chi connectivity index (χ4v) is 3.72. The smallest absolute Gasteiger partial charge is 0.349 e. The first-order valence-electron chi connectivity index (χ1n) is 2.83. The zero-order valence-corrected chi connectivity index (χ0v) is 7.49. The molecule has 0 amide bonds. The van der Waals surface area contributed by atoms with Crippen LogP contribution in [0.5, 0.6) is 0 Å². The zero-order valence-electron chi connectivity index (χ0n) is 4.92. The maximum atomic E-state index is 5.23. The van der Waals surface area contributed by atoms with Gasteiger partial charge in [-0.3, -0.25) is 9.15 Å².